The molecule has 2 aromatic carbocycles. The summed E-state index contributed by atoms with van der Waals surface area (Å²) in [5.74, 6) is -0.617. The predicted molar refractivity (Wildman–Crippen MR) is 204 cm³/mol. The van der Waals surface area contributed by atoms with Crippen LogP contribution in [0.15, 0.2) is 60.7 Å². The maximum absolute atomic E-state index is 7.30. The van der Waals surface area contributed by atoms with E-state index < -0.39 is 28.0 Å². The van der Waals surface area contributed by atoms with Crippen LogP contribution < -0.4 is 10.4 Å². The van der Waals surface area contributed by atoms with Crippen LogP contribution in [0.1, 0.15) is 94.4 Å². The third-order valence-corrected chi connectivity index (χ3v) is 21.8. The third-order valence-electron chi connectivity index (χ3n) is 12.3. The maximum Gasteiger partial charge on any atom is 0.261 e. The molecular formula is C41H64O7Si2. The molecule has 50 heavy (non-hydrogen) atoms. The zero-order valence-electron chi connectivity index (χ0n) is 32.6. The van der Waals surface area contributed by atoms with Gasteiger partial charge in [0.1, 0.15) is 11.7 Å². The van der Waals surface area contributed by atoms with E-state index in [9.17, 15) is 0 Å². The summed E-state index contributed by atoms with van der Waals surface area (Å²) >= 11 is 0. The largest absolute Gasteiger partial charge is 0.411 e. The second-order valence-corrected chi connectivity index (χ2v) is 27.5. The fourth-order valence-electron chi connectivity index (χ4n) is 8.48. The van der Waals surface area contributed by atoms with E-state index in [2.05, 4.69) is 122 Å². The van der Waals surface area contributed by atoms with E-state index in [0.717, 1.165) is 32.1 Å². The molecule has 0 aliphatic carbocycles. The molecule has 2 aromatic rings. The monoisotopic (exact) mass is 724 g/mol. The van der Waals surface area contributed by atoms with Crippen molar-refractivity contribution in [3.8, 4) is 0 Å². The molecule has 4 fully saturated rings. The van der Waals surface area contributed by atoms with Gasteiger partial charge in [-0.15, -0.1) is 0 Å². The van der Waals surface area contributed by atoms with E-state index >= 15 is 0 Å². The Morgan fingerprint density at radius 1 is 0.720 bits per heavy atom. The van der Waals surface area contributed by atoms with Gasteiger partial charge in [-0.1, -0.05) is 102 Å². The van der Waals surface area contributed by atoms with E-state index in [4.69, 9.17) is 32.5 Å². The van der Waals surface area contributed by atoms with Crippen molar-refractivity contribution in [3.63, 3.8) is 0 Å². The first kappa shape index (κ1) is 38.3. The van der Waals surface area contributed by atoms with Crippen LogP contribution in [0.3, 0.4) is 0 Å². The highest BCUT2D eigenvalue weighted by Gasteiger charge is 2.60. The lowest BCUT2D eigenvalue weighted by atomic mass is 9.77. The average Bonchev–Trinajstić information content (AvgIpc) is 3.03. The number of hydrogen-bond donors (Lipinski definition) is 0. The summed E-state index contributed by atoms with van der Waals surface area (Å²) in [6.45, 7) is 26.1. The molecule has 0 spiro atoms. The van der Waals surface area contributed by atoms with Crippen LogP contribution in [0.25, 0.3) is 0 Å². The van der Waals surface area contributed by atoms with Gasteiger partial charge < -0.3 is 32.5 Å². The second-order valence-electron chi connectivity index (χ2n) is 18.4. The van der Waals surface area contributed by atoms with Crippen LogP contribution in [0.4, 0.5) is 0 Å². The molecule has 4 aliphatic rings. The van der Waals surface area contributed by atoms with Crippen molar-refractivity contribution in [1.29, 1.82) is 0 Å². The first-order chi connectivity index (χ1) is 23.3. The first-order valence-electron chi connectivity index (χ1n) is 19.1. The lowest BCUT2D eigenvalue weighted by Gasteiger charge is -2.59. The molecule has 9 heteroatoms. The van der Waals surface area contributed by atoms with E-state index in [0.29, 0.717) is 13.2 Å². The molecule has 8 atom stereocenters. The summed E-state index contributed by atoms with van der Waals surface area (Å²) in [4.78, 5) is 0. The highest BCUT2D eigenvalue weighted by Crippen LogP contribution is 2.49. The Labute approximate surface area is 304 Å². The summed E-state index contributed by atoms with van der Waals surface area (Å²) in [5.41, 5.74) is -0.574. The second kappa shape index (κ2) is 14.1. The molecule has 0 aromatic heterocycles. The number of ether oxygens (including phenoxy) is 5. The minimum Gasteiger partial charge on any atom is -0.411 e. The average molecular weight is 725 g/mol. The Morgan fingerprint density at radius 3 is 1.90 bits per heavy atom. The lowest BCUT2D eigenvalue weighted by molar-refractivity contribution is -0.368. The normalized spacial score (nSPS) is 33.2. The van der Waals surface area contributed by atoms with E-state index in [-0.39, 0.29) is 52.8 Å². The van der Waals surface area contributed by atoms with E-state index in [1.165, 1.54) is 10.4 Å². The van der Waals surface area contributed by atoms with Crippen molar-refractivity contribution in [2.45, 2.75) is 172 Å². The van der Waals surface area contributed by atoms with Gasteiger partial charge in [-0.05, 0) is 67.2 Å². The summed E-state index contributed by atoms with van der Waals surface area (Å²) in [6.07, 6.45) is 3.75. The van der Waals surface area contributed by atoms with Crippen molar-refractivity contribution in [2.75, 3.05) is 13.2 Å². The highest BCUT2D eigenvalue weighted by atomic mass is 28.4. The molecule has 0 bridgehead atoms. The van der Waals surface area contributed by atoms with Gasteiger partial charge >= 0.3 is 0 Å². The van der Waals surface area contributed by atoms with E-state index in [1.54, 1.807) is 0 Å². The van der Waals surface area contributed by atoms with Gasteiger partial charge in [0.2, 0.25) is 0 Å². The van der Waals surface area contributed by atoms with Crippen molar-refractivity contribution in [2.24, 2.45) is 0 Å². The van der Waals surface area contributed by atoms with Crippen molar-refractivity contribution < 1.29 is 32.5 Å². The van der Waals surface area contributed by atoms with Crippen LogP contribution in [-0.2, 0) is 32.5 Å². The van der Waals surface area contributed by atoms with Gasteiger partial charge in [0.05, 0.1) is 43.2 Å². The Bertz CT molecular complexity index is 1380. The number of rotatable bonds is 9. The molecule has 278 valence electrons. The van der Waals surface area contributed by atoms with Gasteiger partial charge in [-0.2, -0.15) is 0 Å². The summed E-state index contributed by atoms with van der Waals surface area (Å²) in [5, 5.41) is 2.65. The summed E-state index contributed by atoms with van der Waals surface area (Å²) in [6, 6.07) is 21.8. The number of benzene rings is 2. The minimum absolute atomic E-state index is 0.0456. The van der Waals surface area contributed by atoms with Crippen molar-refractivity contribution in [1.82, 2.24) is 0 Å². The molecule has 4 saturated heterocycles. The van der Waals surface area contributed by atoms with Gasteiger partial charge in [-0.3, -0.25) is 0 Å². The van der Waals surface area contributed by atoms with Gasteiger partial charge in [0.25, 0.3) is 8.32 Å². The molecule has 0 unspecified atom stereocenters. The van der Waals surface area contributed by atoms with Crippen LogP contribution in [0, 0.1) is 0 Å². The van der Waals surface area contributed by atoms with Gasteiger partial charge in [0, 0.05) is 25.9 Å². The zero-order valence-corrected chi connectivity index (χ0v) is 34.6. The first-order valence-corrected chi connectivity index (χ1v) is 23.9. The quantitative estimate of drug-likeness (QED) is 0.194. The van der Waals surface area contributed by atoms with Crippen LogP contribution in [-0.4, -0.2) is 84.0 Å². The van der Waals surface area contributed by atoms with Crippen molar-refractivity contribution >= 4 is 27.0 Å². The molecule has 0 amide bonds. The van der Waals surface area contributed by atoms with Gasteiger partial charge in [-0.25, -0.2) is 0 Å². The van der Waals surface area contributed by atoms with Crippen LogP contribution in [0.2, 0.25) is 23.2 Å². The Morgan fingerprint density at radius 2 is 1.32 bits per heavy atom. The number of fused-ring (bicyclic) bond motifs is 3. The summed E-state index contributed by atoms with van der Waals surface area (Å²) in [7, 11) is -4.72. The molecule has 0 radical (unpaired) electrons. The predicted octanol–water partition coefficient (Wildman–Crippen LogP) is 7.75. The highest BCUT2D eigenvalue weighted by molar-refractivity contribution is 6.99. The molecule has 0 N–H and O–H groups in total. The SMILES string of the molecule is CC1(C)OC[C@H]2O[C@H]3C[C@H]4O[C@H](CCCO[Si](c5ccccc5)(c5ccccc5)C(C)(C)C)C[C@H](O[Si](C)(C)C(C)(C)C)[C@]4(C)O[C@@H]3C[C@@H]2O1. The van der Waals surface area contributed by atoms with Crippen LogP contribution >= 0.6 is 0 Å². The lowest BCUT2D eigenvalue weighted by Crippen LogP contribution is -2.70. The van der Waals surface area contributed by atoms with Crippen LogP contribution in [0.5, 0.6) is 0 Å². The zero-order chi connectivity index (χ0) is 36.2. The minimum atomic E-state index is -2.60. The molecule has 6 rings (SSSR count). The fourth-order valence-corrected chi connectivity index (χ4v) is 14.5. The van der Waals surface area contributed by atoms with Gasteiger partial charge in [0.15, 0.2) is 14.1 Å². The maximum atomic E-state index is 7.30. The topological polar surface area (TPSA) is 64.6 Å². The summed E-state index contributed by atoms with van der Waals surface area (Å²) < 4.78 is 47.7. The van der Waals surface area contributed by atoms with E-state index in [1.807, 2.05) is 13.8 Å². The Hall–Kier alpha value is -1.41. The molecule has 0 saturated carbocycles. The standard InChI is InChI=1S/C41H64O7Si2/c1-38(2,3)49(10,11)48-37-25-29(44-36-27-32-33(47-41(36,37)9)26-34-35(45-32)28-42-40(7,8)46-34)19-18-24-43-50(39(4,5)6,30-20-14-12-15-21-30)31-22-16-13-17-23-31/h12-17,20-23,29,32-37H,18-19,24-28H2,1-11H3/t29-,32+,33-,34+,35-,36-,37+,41-/m1/s1. The molecule has 4 heterocycles. The number of hydrogen-bond acceptors (Lipinski definition) is 7. The molecule has 4 aliphatic heterocycles. The Kier molecular flexibility index (Phi) is 10.8. The van der Waals surface area contributed by atoms with Crippen molar-refractivity contribution in [3.05, 3.63) is 60.7 Å². The smallest absolute Gasteiger partial charge is 0.261 e. The third kappa shape index (κ3) is 7.51. The fraction of sp³-hybridized carbons (Fsp3) is 0.707. The Balaban J connectivity index is 1.20. The molecule has 7 nitrogen and oxygen atoms in total. The molecular weight excluding hydrogens is 661 g/mol.